The van der Waals surface area contributed by atoms with Crippen molar-refractivity contribution in [3.8, 4) is 0 Å². The van der Waals surface area contributed by atoms with Crippen molar-refractivity contribution in [2.24, 2.45) is 0 Å². The fraction of sp³-hybridized carbons (Fsp3) is 0.300. The summed E-state index contributed by atoms with van der Waals surface area (Å²) in [6.07, 6.45) is 2.80. The van der Waals surface area contributed by atoms with E-state index in [4.69, 9.17) is 0 Å². The van der Waals surface area contributed by atoms with Crippen molar-refractivity contribution in [3.63, 3.8) is 0 Å². The molecule has 0 aliphatic heterocycles. The molecule has 4 heteroatoms. The summed E-state index contributed by atoms with van der Waals surface area (Å²) in [7, 11) is 0. The van der Waals surface area contributed by atoms with Crippen molar-refractivity contribution in [2.45, 2.75) is 33.1 Å². The number of aryl methyl sites for hydroxylation is 2. The highest BCUT2D eigenvalue weighted by Crippen LogP contribution is 2.17. The van der Waals surface area contributed by atoms with E-state index in [1.165, 1.54) is 5.56 Å². The number of carbonyl (C=O) groups is 2. The zero-order chi connectivity index (χ0) is 17.4. The van der Waals surface area contributed by atoms with Crippen LogP contribution in [-0.4, -0.2) is 18.4 Å². The van der Waals surface area contributed by atoms with Gasteiger partial charge in [0, 0.05) is 12.2 Å². The SMILES string of the molecule is Cc1cccc(NC(=O)C(=O)NCCCCc2ccccc2)c1C. The minimum Gasteiger partial charge on any atom is -0.348 e. The molecule has 4 nitrogen and oxygen atoms in total. The van der Waals surface area contributed by atoms with Gasteiger partial charge in [-0.2, -0.15) is 0 Å². The van der Waals surface area contributed by atoms with Crippen LogP contribution in [0.5, 0.6) is 0 Å². The molecule has 0 saturated heterocycles. The fourth-order valence-corrected chi connectivity index (χ4v) is 2.45. The number of hydrogen-bond acceptors (Lipinski definition) is 2. The Morgan fingerprint density at radius 2 is 1.62 bits per heavy atom. The van der Waals surface area contributed by atoms with Crippen LogP contribution in [0.15, 0.2) is 48.5 Å². The zero-order valence-corrected chi connectivity index (χ0v) is 14.3. The zero-order valence-electron chi connectivity index (χ0n) is 14.3. The van der Waals surface area contributed by atoms with Gasteiger partial charge in [-0.1, -0.05) is 42.5 Å². The van der Waals surface area contributed by atoms with E-state index in [1.807, 2.05) is 44.2 Å². The lowest BCUT2D eigenvalue weighted by Gasteiger charge is -2.10. The van der Waals surface area contributed by atoms with E-state index in [0.29, 0.717) is 12.2 Å². The largest absolute Gasteiger partial charge is 0.348 e. The second kappa shape index (κ2) is 8.87. The summed E-state index contributed by atoms with van der Waals surface area (Å²) in [5, 5.41) is 5.34. The predicted octanol–water partition coefficient (Wildman–Crippen LogP) is 3.38. The Bertz CT molecular complexity index is 696. The Morgan fingerprint density at radius 1 is 0.875 bits per heavy atom. The number of nitrogens with one attached hydrogen (secondary N) is 2. The van der Waals surface area contributed by atoms with Gasteiger partial charge >= 0.3 is 11.8 Å². The van der Waals surface area contributed by atoms with Gasteiger partial charge in [0.1, 0.15) is 0 Å². The van der Waals surface area contributed by atoms with Crippen molar-refractivity contribution in [1.29, 1.82) is 0 Å². The van der Waals surface area contributed by atoms with Crippen LogP contribution in [0, 0.1) is 13.8 Å². The Labute approximate surface area is 143 Å². The van der Waals surface area contributed by atoms with Gasteiger partial charge in [-0.25, -0.2) is 0 Å². The van der Waals surface area contributed by atoms with Crippen LogP contribution in [0.25, 0.3) is 0 Å². The summed E-state index contributed by atoms with van der Waals surface area (Å²) in [5.41, 5.74) is 4.02. The molecule has 2 rings (SSSR count). The number of carbonyl (C=O) groups excluding carboxylic acids is 2. The third-order valence-electron chi connectivity index (χ3n) is 4.08. The van der Waals surface area contributed by atoms with Crippen molar-refractivity contribution < 1.29 is 9.59 Å². The molecule has 2 aromatic rings. The summed E-state index contributed by atoms with van der Waals surface area (Å²) >= 11 is 0. The standard InChI is InChI=1S/C20H24N2O2/c1-15-9-8-13-18(16(15)2)22-20(24)19(23)21-14-7-6-12-17-10-4-3-5-11-17/h3-5,8-11,13H,6-7,12,14H2,1-2H3,(H,21,23)(H,22,24). The summed E-state index contributed by atoms with van der Waals surface area (Å²) in [5.74, 6) is -1.21. The number of amides is 2. The summed E-state index contributed by atoms with van der Waals surface area (Å²) in [4.78, 5) is 23.8. The molecule has 0 radical (unpaired) electrons. The van der Waals surface area contributed by atoms with E-state index in [1.54, 1.807) is 6.07 Å². The predicted molar refractivity (Wildman–Crippen MR) is 96.9 cm³/mol. The Morgan fingerprint density at radius 3 is 2.38 bits per heavy atom. The quantitative estimate of drug-likeness (QED) is 0.632. The van der Waals surface area contributed by atoms with E-state index in [9.17, 15) is 9.59 Å². The van der Waals surface area contributed by atoms with Crippen LogP contribution in [0.3, 0.4) is 0 Å². The third kappa shape index (κ3) is 5.23. The van der Waals surface area contributed by atoms with Gasteiger partial charge < -0.3 is 10.6 Å². The molecule has 0 atom stereocenters. The molecule has 0 spiro atoms. The molecule has 0 aromatic heterocycles. The number of benzene rings is 2. The smallest absolute Gasteiger partial charge is 0.313 e. The number of rotatable bonds is 6. The van der Waals surface area contributed by atoms with Gasteiger partial charge in [-0.05, 0) is 55.9 Å². The lowest BCUT2D eigenvalue weighted by molar-refractivity contribution is -0.136. The van der Waals surface area contributed by atoms with Gasteiger partial charge in [0.2, 0.25) is 0 Å². The lowest BCUT2D eigenvalue weighted by Crippen LogP contribution is -2.36. The molecule has 0 saturated carbocycles. The maximum atomic E-state index is 11.9. The highest BCUT2D eigenvalue weighted by atomic mass is 16.2. The molecular formula is C20H24N2O2. The molecule has 126 valence electrons. The molecule has 2 aromatic carbocycles. The van der Waals surface area contributed by atoms with E-state index < -0.39 is 11.8 Å². The molecule has 2 N–H and O–H groups in total. The van der Waals surface area contributed by atoms with Crippen LogP contribution >= 0.6 is 0 Å². The molecule has 0 fully saturated rings. The summed E-state index contributed by atoms with van der Waals surface area (Å²) < 4.78 is 0. The first-order valence-corrected chi connectivity index (χ1v) is 8.27. The van der Waals surface area contributed by atoms with E-state index in [0.717, 1.165) is 30.4 Å². The molecule has 2 amide bonds. The fourth-order valence-electron chi connectivity index (χ4n) is 2.45. The average molecular weight is 324 g/mol. The normalized spacial score (nSPS) is 10.2. The van der Waals surface area contributed by atoms with E-state index in [-0.39, 0.29) is 0 Å². The Hall–Kier alpha value is -2.62. The number of anilines is 1. The topological polar surface area (TPSA) is 58.2 Å². The highest BCUT2D eigenvalue weighted by Gasteiger charge is 2.14. The first kappa shape index (κ1) is 17.7. The number of unbranched alkanes of at least 4 members (excludes halogenated alkanes) is 1. The van der Waals surface area contributed by atoms with Crippen molar-refractivity contribution in [2.75, 3.05) is 11.9 Å². The Balaban J connectivity index is 1.70. The molecule has 0 bridgehead atoms. The van der Waals surface area contributed by atoms with Crippen molar-refractivity contribution in [3.05, 3.63) is 65.2 Å². The van der Waals surface area contributed by atoms with Crippen LogP contribution in [0.1, 0.15) is 29.5 Å². The second-order valence-electron chi connectivity index (χ2n) is 5.90. The first-order valence-electron chi connectivity index (χ1n) is 8.27. The average Bonchev–Trinajstić information content (AvgIpc) is 2.59. The maximum Gasteiger partial charge on any atom is 0.313 e. The van der Waals surface area contributed by atoms with Gasteiger partial charge in [-0.3, -0.25) is 9.59 Å². The molecule has 24 heavy (non-hydrogen) atoms. The van der Waals surface area contributed by atoms with Gasteiger partial charge in [0.15, 0.2) is 0 Å². The Kier molecular flexibility index (Phi) is 6.55. The molecule has 0 aliphatic rings. The summed E-state index contributed by atoms with van der Waals surface area (Å²) in [6.45, 7) is 4.40. The first-order chi connectivity index (χ1) is 11.6. The van der Waals surface area contributed by atoms with E-state index in [2.05, 4.69) is 22.8 Å². The molecular weight excluding hydrogens is 300 g/mol. The van der Waals surface area contributed by atoms with Crippen molar-refractivity contribution in [1.82, 2.24) is 5.32 Å². The van der Waals surface area contributed by atoms with Crippen molar-refractivity contribution >= 4 is 17.5 Å². The van der Waals surface area contributed by atoms with Gasteiger partial charge in [0.05, 0.1) is 0 Å². The second-order valence-corrected chi connectivity index (χ2v) is 5.90. The van der Waals surface area contributed by atoms with Gasteiger partial charge in [-0.15, -0.1) is 0 Å². The van der Waals surface area contributed by atoms with Gasteiger partial charge in [0.25, 0.3) is 0 Å². The van der Waals surface area contributed by atoms with Crippen LogP contribution < -0.4 is 10.6 Å². The van der Waals surface area contributed by atoms with E-state index >= 15 is 0 Å². The van der Waals surface area contributed by atoms with Crippen LogP contribution in [0.2, 0.25) is 0 Å². The third-order valence-corrected chi connectivity index (χ3v) is 4.08. The molecule has 0 aliphatic carbocycles. The molecule has 0 heterocycles. The minimum atomic E-state index is -0.619. The summed E-state index contributed by atoms with van der Waals surface area (Å²) in [6, 6.07) is 15.9. The van der Waals surface area contributed by atoms with Crippen LogP contribution in [-0.2, 0) is 16.0 Å². The highest BCUT2D eigenvalue weighted by molar-refractivity contribution is 6.39. The number of hydrogen-bond donors (Lipinski definition) is 2. The monoisotopic (exact) mass is 324 g/mol. The molecule has 0 unspecified atom stereocenters. The lowest BCUT2D eigenvalue weighted by atomic mass is 10.1. The van der Waals surface area contributed by atoms with Crippen LogP contribution in [0.4, 0.5) is 5.69 Å². The maximum absolute atomic E-state index is 11.9. The minimum absolute atomic E-state index is 0.506.